The highest BCUT2D eigenvalue weighted by Gasteiger charge is 2.32. The van der Waals surface area contributed by atoms with Gasteiger partial charge in [0.05, 0.1) is 23.3 Å². The molecule has 21 heavy (non-hydrogen) atoms. The van der Waals surface area contributed by atoms with E-state index in [-0.39, 0.29) is 5.91 Å². The molecule has 5 heteroatoms. The van der Waals surface area contributed by atoms with Crippen molar-refractivity contribution in [2.45, 2.75) is 32.1 Å². The Morgan fingerprint density at radius 3 is 2.81 bits per heavy atom. The third-order valence-electron chi connectivity index (χ3n) is 4.33. The van der Waals surface area contributed by atoms with Gasteiger partial charge in [-0.3, -0.25) is 14.8 Å². The summed E-state index contributed by atoms with van der Waals surface area (Å²) in [6.45, 7) is 0. The fourth-order valence-corrected chi connectivity index (χ4v) is 3.26. The Kier molecular flexibility index (Phi) is 2.91. The maximum absolute atomic E-state index is 12.3. The summed E-state index contributed by atoms with van der Waals surface area (Å²) < 4.78 is 0. The van der Waals surface area contributed by atoms with Gasteiger partial charge in [-0.25, -0.2) is 0 Å². The van der Waals surface area contributed by atoms with E-state index < -0.39 is 0 Å². The molecule has 1 aliphatic carbocycles. The number of fused-ring (bicyclic) bond motifs is 1. The Morgan fingerprint density at radius 1 is 1.10 bits per heavy atom. The molecule has 0 bridgehead atoms. The summed E-state index contributed by atoms with van der Waals surface area (Å²) >= 11 is 0. The Balaban J connectivity index is 1.76. The molecule has 0 spiro atoms. The molecule has 0 saturated heterocycles. The normalized spacial score (nSPS) is 19.5. The Labute approximate surface area is 122 Å². The maximum atomic E-state index is 12.3. The van der Waals surface area contributed by atoms with E-state index in [2.05, 4.69) is 15.1 Å². The van der Waals surface area contributed by atoms with Gasteiger partial charge in [-0.1, -0.05) is 12.8 Å². The molecule has 5 nitrogen and oxygen atoms in total. The van der Waals surface area contributed by atoms with Gasteiger partial charge in [-0.05, 0) is 37.0 Å². The van der Waals surface area contributed by atoms with Gasteiger partial charge in [0.25, 0.3) is 5.91 Å². The van der Waals surface area contributed by atoms with E-state index in [0.717, 1.165) is 35.3 Å². The van der Waals surface area contributed by atoms with Crippen molar-refractivity contribution >= 4 is 28.3 Å². The fraction of sp³-hybridized carbons (Fsp3) is 0.375. The minimum absolute atomic E-state index is 0.0371. The second-order valence-electron chi connectivity index (χ2n) is 5.66. The average molecular weight is 280 g/mol. The molecule has 0 radical (unpaired) electrons. The summed E-state index contributed by atoms with van der Waals surface area (Å²) in [7, 11) is 0. The van der Waals surface area contributed by atoms with Crippen molar-refractivity contribution in [2.24, 2.45) is 11.0 Å². The summed E-state index contributed by atoms with van der Waals surface area (Å²) in [4.78, 5) is 21.0. The quantitative estimate of drug-likeness (QED) is 0.849. The number of amides is 1. The van der Waals surface area contributed by atoms with E-state index in [1.807, 2.05) is 18.2 Å². The lowest BCUT2D eigenvalue weighted by molar-refractivity contribution is -0.116. The molecule has 1 amide bonds. The molecule has 4 rings (SSSR count). The number of aromatic nitrogens is 2. The van der Waals surface area contributed by atoms with E-state index >= 15 is 0 Å². The number of nitrogens with zero attached hydrogens (tertiary/aromatic N) is 4. The summed E-state index contributed by atoms with van der Waals surface area (Å²) in [5, 5.41) is 6.12. The average Bonchev–Trinajstić information content (AvgIpc) is 3.16. The molecular formula is C16H16N4O. The molecule has 2 aromatic rings. The minimum Gasteiger partial charge on any atom is -0.272 e. The lowest BCUT2D eigenvalue weighted by atomic mass is 10.00. The van der Waals surface area contributed by atoms with Gasteiger partial charge in [0.15, 0.2) is 0 Å². The van der Waals surface area contributed by atoms with Crippen LogP contribution in [0.4, 0.5) is 5.69 Å². The molecule has 0 atom stereocenters. The van der Waals surface area contributed by atoms with Gasteiger partial charge in [0, 0.05) is 12.4 Å². The standard InChI is InChI=1S/C16H16N4O/c21-15-10-13(11-4-1-2-5-11)19-20(15)14-7-9-17-12-6-3-8-18-16(12)14/h3,6-9,11H,1-2,4-5,10H2. The van der Waals surface area contributed by atoms with Gasteiger partial charge >= 0.3 is 0 Å². The summed E-state index contributed by atoms with van der Waals surface area (Å²) in [6.07, 6.45) is 8.69. The number of pyridine rings is 2. The molecule has 0 unspecified atom stereocenters. The second-order valence-corrected chi connectivity index (χ2v) is 5.66. The van der Waals surface area contributed by atoms with Crippen LogP contribution < -0.4 is 5.01 Å². The first kappa shape index (κ1) is 12.4. The molecule has 2 aromatic heterocycles. The van der Waals surface area contributed by atoms with Crippen LogP contribution >= 0.6 is 0 Å². The topological polar surface area (TPSA) is 58.5 Å². The number of carbonyl (C=O) groups is 1. The first-order chi connectivity index (χ1) is 10.3. The number of hydrogen-bond donors (Lipinski definition) is 0. The van der Waals surface area contributed by atoms with Gasteiger partial charge in [0.2, 0.25) is 0 Å². The van der Waals surface area contributed by atoms with E-state index in [1.54, 1.807) is 12.4 Å². The Hall–Kier alpha value is -2.30. The number of hydrazone groups is 1. The predicted molar refractivity (Wildman–Crippen MR) is 81.0 cm³/mol. The third kappa shape index (κ3) is 2.09. The lowest BCUT2D eigenvalue weighted by Gasteiger charge is -2.13. The predicted octanol–water partition coefficient (Wildman–Crippen LogP) is 2.91. The Bertz CT molecular complexity index is 729. The highest BCUT2D eigenvalue weighted by molar-refractivity contribution is 6.15. The van der Waals surface area contributed by atoms with E-state index in [0.29, 0.717) is 12.3 Å². The highest BCUT2D eigenvalue weighted by Crippen LogP contribution is 2.33. The largest absolute Gasteiger partial charge is 0.272 e. The molecule has 1 fully saturated rings. The van der Waals surface area contributed by atoms with Crippen LogP contribution in [0.2, 0.25) is 0 Å². The summed E-state index contributed by atoms with van der Waals surface area (Å²) in [6, 6.07) is 5.56. The lowest BCUT2D eigenvalue weighted by Crippen LogP contribution is -2.20. The smallest absolute Gasteiger partial charge is 0.253 e. The number of rotatable bonds is 2. The van der Waals surface area contributed by atoms with E-state index in [1.165, 1.54) is 17.9 Å². The van der Waals surface area contributed by atoms with E-state index in [9.17, 15) is 4.79 Å². The zero-order valence-electron chi connectivity index (χ0n) is 11.7. The van der Waals surface area contributed by atoms with Crippen LogP contribution in [0.5, 0.6) is 0 Å². The first-order valence-electron chi connectivity index (χ1n) is 7.43. The zero-order chi connectivity index (χ0) is 14.2. The van der Waals surface area contributed by atoms with E-state index in [4.69, 9.17) is 0 Å². The number of anilines is 1. The zero-order valence-corrected chi connectivity index (χ0v) is 11.7. The van der Waals surface area contributed by atoms with Crippen molar-refractivity contribution in [1.29, 1.82) is 0 Å². The molecule has 0 N–H and O–H groups in total. The third-order valence-corrected chi connectivity index (χ3v) is 4.33. The molecule has 1 saturated carbocycles. The number of carbonyl (C=O) groups excluding carboxylic acids is 1. The van der Waals surface area contributed by atoms with Crippen LogP contribution in [-0.4, -0.2) is 21.6 Å². The Morgan fingerprint density at radius 2 is 1.95 bits per heavy atom. The first-order valence-corrected chi connectivity index (χ1v) is 7.43. The van der Waals surface area contributed by atoms with Crippen molar-refractivity contribution in [3.63, 3.8) is 0 Å². The van der Waals surface area contributed by atoms with Gasteiger partial charge < -0.3 is 0 Å². The molecule has 3 heterocycles. The minimum atomic E-state index is 0.0371. The second kappa shape index (κ2) is 4.91. The highest BCUT2D eigenvalue weighted by atomic mass is 16.2. The van der Waals surface area contributed by atoms with Crippen molar-refractivity contribution in [3.8, 4) is 0 Å². The van der Waals surface area contributed by atoms with Crippen LogP contribution in [0.3, 0.4) is 0 Å². The van der Waals surface area contributed by atoms with Crippen molar-refractivity contribution in [1.82, 2.24) is 9.97 Å². The number of hydrogen-bond acceptors (Lipinski definition) is 4. The SMILES string of the molecule is O=C1CC(C2CCCC2)=NN1c1ccnc2cccnc12. The molecule has 0 aromatic carbocycles. The summed E-state index contributed by atoms with van der Waals surface area (Å²) in [5.74, 6) is 0.523. The molecule has 2 aliphatic rings. The van der Waals surface area contributed by atoms with Crippen LogP contribution in [0.15, 0.2) is 35.7 Å². The molecular weight excluding hydrogens is 264 g/mol. The van der Waals surface area contributed by atoms with Crippen LogP contribution in [0, 0.1) is 5.92 Å². The summed E-state index contributed by atoms with van der Waals surface area (Å²) in [5.41, 5.74) is 3.29. The van der Waals surface area contributed by atoms with Crippen molar-refractivity contribution in [3.05, 3.63) is 30.6 Å². The van der Waals surface area contributed by atoms with Crippen LogP contribution in [-0.2, 0) is 4.79 Å². The van der Waals surface area contributed by atoms with Gasteiger partial charge in [-0.15, -0.1) is 0 Å². The monoisotopic (exact) mass is 280 g/mol. The molecule has 106 valence electrons. The van der Waals surface area contributed by atoms with Crippen LogP contribution in [0.1, 0.15) is 32.1 Å². The van der Waals surface area contributed by atoms with Gasteiger partial charge in [0.1, 0.15) is 5.52 Å². The van der Waals surface area contributed by atoms with Gasteiger partial charge in [-0.2, -0.15) is 10.1 Å². The van der Waals surface area contributed by atoms with Crippen molar-refractivity contribution in [2.75, 3.05) is 5.01 Å². The van der Waals surface area contributed by atoms with Crippen molar-refractivity contribution < 1.29 is 4.79 Å². The maximum Gasteiger partial charge on any atom is 0.253 e. The molecule has 1 aliphatic heterocycles. The fourth-order valence-electron chi connectivity index (χ4n) is 3.26. The van der Waals surface area contributed by atoms with Crippen LogP contribution in [0.25, 0.3) is 11.0 Å².